The summed E-state index contributed by atoms with van der Waals surface area (Å²) < 4.78 is 36.3. The van der Waals surface area contributed by atoms with Gasteiger partial charge in [-0.1, -0.05) is 17.7 Å². The van der Waals surface area contributed by atoms with Gasteiger partial charge in [0.15, 0.2) is 0 Å². The van der Waals surface area contributed by atoms with Crippen molar-refractivity contribution in [3.63, 3.8) is 0 Å². The highest BCUT2D eigenvalue weighted by Crippen LogP contribution is 2.29. The van der Waals surface area contributed by atoms with Crippen LogP contribution in [0, 0.1) is 0 Å². The Labute approximate surface area is 82.7 Å². The summed E-state index contributed by atoms with van der Waals surface area (Å²) in [5.74, 6) is 0. The van der Waals surface area contributed by atoms with Crippen LogP contribution >= 0.6 is 11.6 Å². The van der Waals surface area contributed by atoms with E-state index in [1.807, 2.05) is 0 Å². The Morgan fingerprint density at radius 2 is 2.07 bits per heavy atom. The number of pyridine rings is 1. The van der Waals surface area contributed by atoms with Crippen molar-refractivity contribution in [3.05, 3.63) is 28.5 Å². The summed E-state index contributed by atoms with van der Waals surface area (Å²) in [5, 5.41) is -0.285. The molecule has 0 saturated carbocycles. The van der Waals surface area contributed by atoms with Gasteiger partial charge < -0.3 is 4.79 Å². The maximum atomic E-state index is 12.1. The van der Waals surface area contributed by atoms with Gasteiger partial charge in [-0.3, -0.25) is 0 Å². The van der Waals surface area contributed by atoms with Gasteiger partial charge in [0.05, 0.1) is 0 Å². The molecule has 1 heterocycles. The largest absolute Gasteiger partial charge is 0.433 e. The zero-order valence-corrected chi connectivity index (χ0v) is 7.56. The van der Waals surface area contributed by atoms with Crippen molar-refractivity contribution in [1.82, 2.24) is 4.98 Å². The fourth-order valence-corrected chi connectivity index (χ4v) is 1.09. The second-order valence-electron chi connectivity index (χ2n) is 2.51. The lowest BCUT2D eigenvalue weighted by atomic mass is 10.2. The number of hydrogen-bond acceptors (Lipinski definition) is 2. The lowest BCUT2D eigenvalue weighted by Gasteiger charge is -2.06. The van der Waals surface area contributed by atoms with Crippen molar-refractivity contribution in [1.29, 1.82) is 0 Å². The summed E-state index contributed by atoms with van der Waals surface area (Å²) in [4.78, 5) is 13.2. The molecule has 6 heteroatoms. The number of aromatic nitrogens is 1. The Hall–Kier alpha value is -1.10. The van der Waals surface area contributed by atoms with Crippen LogP contribution in [0.25, 0.3) is 0 Å². The van der Waals surface area contributed by atoms with E-state index in [1.54, 1.807) is 0 Å². The van der Waals surface area contributed by atoms with E-state index in [2.05, 4.69) is 4.98 Å². The number of aldehydes is 1. The molecule has 0 aromatic carbocycles. The first-order chi connectivity index (χ1) is 6.45. The van der Waals surface area contributed by atoms with Crippen molar-refractivity contribution in [2.45, 2.75) is 12.6 Å². The van der Waals surface area contributed by atoms with Gasteiger partial charge in [0, 0.05) is 6.42 Å². The smallest absolute Gasteiger partial charge is 0.303 e. The highest BCUT2D eigenvalue weighted by molar-refractivity contribution is 6.30. The van der Waals surface area contributed by atoms with Crippen LogP contribution in [0.1, 0.15) is 11.3 Å². The topological polar surface area (TPSA) is 30.0 Å². The molecule has 0 fully saturated rings. The number of hydrogen-bond donors (Lipinski definition) is 0. The van der Waals surface area contributed by atoms with Crippen LogP contribution in [-0.4, -0.2) is 11.3 Å². The van der Waals surface area contributed by atoms with Crippen molar-refractivity contribution >= 4 is 17.9 Å². The van der Waals surface area contributed by atoms with Crippen LogP contribution in [-0.2, 0) is 17.4 Å². The average molecular weight is 224 g/mol. The van der Waals surface area contributed by atoms with Crippen molar-refractivity contribution in [2.75, 3.05) is 0 Å². The highest BCUT2D eigenvalue weighted by atomic mass is 35.5. The van der Waals surface area contributed by atoms with E-state index in [9.17, 15) is 18.0 Å². The Balaban J connectivity index is 3.06. The molecular weight excluding hydrogens is 219 g/mol. The third-order valence-corrected chi connectivity index (χ3v) is 1.85. The maximum absolute atomic E-state index is 12.1. The standard InChI is InChI=1S/C8H5ClF3NO/c9-7-5(3-4-14)1-2-6(13-7)8(10,11)12/h1-2,4H,3H2. The summed E-state index contributed by atoms with van der Waals surface area (Å²) in [6.07, 6.45) is -4.00. The van der Waals surface area contributed by atoms with Crippen LogP contribution in [0.4, 0.5) is 13.2 Å². The van der Waals surface area contributed by atoms with Crippen molar-refractivity contribution < 1.29 is 18.0 Å². The molecule has 0 saturated heterocycles. The second-order valence-corrected chi connectivity index (χ2v) is 2.87. The van der Waals surface area contributed by atoms with Crippen LogP contribution in [0.5, 0.6) is 0 Å². The SMILES string of the molecule is O=CCc1ccc(C(F)(F)F)nc1Cl. The third kappa shape index (κ3) is 2.45. The molecule has 0 aliphatic carbocycles. The minimum Gasteiger partial charge on any atom is -0.303 e. The number of nitrogens with zero attached hydrogens (tertiary/aromatic N) is 1. The van der Waals surface area contributed by atoms with Gasteiger partial charge >= 0.3 is 6.18 Å². The first kappa shape index (κ1) is 11.0. The Morgan fingerprint density at radius 1 is 1.43 bits per heavy atom. The molecule has 0 aliphatic rings. The monoisotopic (exact) mass is 223 g/mol. The molecule has 0 bridgehead atoms. The molecule has 0 N–H and O–H groups in total. The zero-order chi connectivity index (χ0) is 10.8. The number of carbonyl (C=O) groups is 1. The Morgan fingerprint density at radius 3 is 2.50 bits per heavy atom. The van der Waals surface area contributed by atoms with E-state index >= 15 is 0 Å². The molecule has 1 rings (SSSR count). The third-order valence-electron chi connectivity index (χ3n) is 1.52. The Bertz CT molecular complexity index is 351. The van der Waals surface area contributed by atoms with Gasteiger partial charge in [0.2, 0.25) is 0 Å². The molecule has 1 aromatic heterocycles. The van der Waals surface area contributed by atoms with Crippen molar-refractivity contribution in [3.8, 4) is 0 Å². The predicted octanol–water partition coefficient (Wildman–Crippen LogP) is 2.50. The molecule has 0 radical (unpaired) electrons. The summed E-state index contributed by atoms with van der Waals surface area (Å²) in [6.45, 7) is 0. The van der Waals surface area contributed by atoms with Gasteiger partial charge in [-0.2, -0.15) is 13.2 Å². The fourth-order valence-electron chi connectivity index (χ4n) is 0.863. The van der Waals surface area contributed by atoms with Gasteiger partial charge in [0.25, 0.3) is 0 Å². The summed E-state index contributed by atoms with van der Waals surface area (Å²) in [5.41, 5.74) is -0.771. The minimum absolute atomic E-state index is 0.0377. The molecule has 0 spiro atoms. The molecular formula is C8H5ClF3NO. The lowest BCUT2D eigenvalue weighted by molar-refractivity contribution is -0.141. The lowest BCUT2D eigenvalue weighted by Crippen LogP contribution is -2.08. The fraction of sp³-hybridized carbons (Fsp3) is 0.250. The predicted molar refractivity (Wildman–Crippen MR) is 44.0 cm³/mol. The van der Waals surface area contributed by atoms with Crippen LogP contribution in [0.15, 0.2) is 12.1 Å². The number of carbonyl (C=O) groups excluding carboxylic acids is 1. The van der Waals surface area contributed by atoms with E-state index in [-0.39, 0.29) is 17.1 Å². The molecule has 0 unspecified atom stereocenters. The first-order valence-corrected chi connectivity index (χ1v) is 3.99. The van der Waals surface area contributed by atoms with E-state index in [0.29, 0.717) is 6.29 Å². The van der Waals surface area contributed by atoms with E-state index < -0.39 is 11.9 Å². The van der Waals surface area contributed by atoms with Crippen LogP contribution in [0.3, 0.4) is 0 Å². The molecule has 0 aliphatic heterocycles. The second kappa shape index (κ2) is 3.96. The van der Waals surface area contributed by atoms with Gasteiger partial charge in [0.1, 0.15) is 17.1 Å². The molecule has 0 atom stereocenters. The minimum atomic E-state index is -4.51. The highest BCUT2D eigenvalue weighted by Gasteiger charge is 2.32. The molecule has 2 nitrogen and oxygen atoms in total. The summed E-state index contributed by atoms with van der Waals surface area (Å²) >= 11 is 5.44. The molecule has 14 heavy (non-hydrogen) atoms. The first-order valence-electron chi connectivity index (χ1n) is 3.61. The number of alkyl halides is 3. The average Bonchev–Trinajstić information content (AvgIpc) is 2.07. The van der Waals surface area contributed by atoms with Crippen LogP contribution in [0.2, 0.25) is 5.15 Å². The summed E-state index contributed by atoms with van der Waals surface area (Å²) in [6, 6.07) is 1.94. The van der Waals surface area contributed by atoms with E-state index in [0.717, 1.165) is 12.1 Å². The number of halogens is 4. The van der Waals surface area contributed by atoms with E-state index in [4.69, 9.17) is 11.6 Å². The zero-order valence-electron chi connectivity index (χ0n) is 6.81. The number of rotatable bonds is 2. The van der Waals surface area contributed by atoms with E-state index in [1.165, 1.54) is 0 Å². The normalized spacial score (nSPS) is 11.4. The van der Waals surface area contributed by atoms with Gasteiger partial charge in [-0.15, -0.1) is 0 Å². The quantitative estimate of drug-likeness (QED) is 0.570. The Kier molecular flexibility index (Phi) is 3.10. The summed E-state index contributed by atoms with van der Waals surface area (Å²) in [7, 11) is 0. The molecule has 76 valence electrons. The van der Waals surface area contributed by atoms with Gasteiger partial charge in [-0.25, -0.2) is 4.98 Å². The van der Waals surface area contributed by atoms with Crippen molar-refractivity contribution in [2.24, 2.45) is 0 Å². The molecule has 1 aromatic rings. The molecule has 0 amide bonds. The van der Waals surface area contributed by atoms with Crippen LogP contribution < -0.4 is 0 Å². The van der Waals surface area contributed by atoms with Gasteiger partial charge in [-0.05, 0) is 11.6 Å². The maximum Gasteiger partial charge on any atom is 0.433 e.